The Hall–Kier alpha value is -1.15. The molecule has 0 aliphatic heterocycles. The predicted octanol–water partition coefficient (Wildman–Crippen LogP) is 4.53. The fraction of sp³-hybridized carbons (Fsp3) is 0.357. The fourth-order valence-corrected chi connectivity index (χ4v) is 2.17. The maximum absolute atomic E-state index is 13.5. The molecule has 0 fully saturated rings. The number of pyridine rings is 1. The number of nitrogens with zero attached hydrogens (tertiary/aromatic N) is 1. The van der Waals surface area contributed by atoms with Gasteiger partial charge in [0, 0.05) is 17.1 Å². The topological polar surface area (TPSA) is 12.9 Å². The summed E-state index contributed by atoms with van der Waals surface area (Å²) in [5.41, 5.74) is 2.15. The second-order valence-electron chi connectivity index (χ2n) is 4.81. The Morgan fingerprint density at radius 1 is 1.29 bits per heavy atom. The van der Waals surface area contributed by atoms with Crippen molar-refractivity contribution in [2.45, 2.75) is 27.2 Å². The van der Waals surface area contributed by atoms with E-state index in [1.807, 2.05) is 6.07 Å². The van der Waals surface area contributed by atoms with Crippen LogP contribution >= 0.6 is 11.6 Å². The molecule has 0 radical (unpaired) electrons. The Balaban J connectivity index is 2.60. The van der Waals surface area contributed by atoms with E-state index in [2.05, 4.69) is 18.8 Å². The molecule has 0 unspecified atom stereocenters. The van der Waals surface area contributed by atoms with Crippen molar-refractivity contribution in [3.05, 3.63) is 40.3 Å². The number of fused-ring (bicyclic) bond motifs is 1. The third-order valence-corrected chi connectivity index (χ3v) is 3.02. The first kappa shape index (κ1) is 12.3. The highest BCUT2D eigenvalue weighted by Gasteiger charge is 2.08. The van der Waals surface area contributed by atoms with E-state index in [1.165, 1.54) is 6.07 Å². The lowest BCUT2D eigenvalue weighted by Gasteiger charge is -2.08. The second-order valence-corrected chi connectivity index (χ2v) is 5.22. The van der Waals surface area contributed by atoms with Crippen LogP contribution in [-0.4, -0.2) is 4.98 Å². The van der Waals surface area contributed by atoms with Gasteiger partial charge in [0.05, 0.1) is 10.5 Å². The number of aromatic nitrogens is 1. The van der Waals surface area contributed by atoms with Crippen LogP contribution in [0.5, 0.6) is 0 Å². The first-order valence-corrected chi connectivity index (χ1v) is 6.10. The van der Waals surface area contributed by atoms with Gasteiger partial charge >= 0.3 is 0 Å². The maximum atomic E-state index is 13.5. The summed E-state index contributed by atoms with van der Waals surface area (Å²) in [7, 11) is 0. The van der Waals surface area contributed by atoms with Gasteiger partial charge in [-0.05, 0) is 37.0 Å². The highest BCUT2D eigenvalue weighted by Crippen LogP contribution is 2.26. The molecule has 0 aliphatic rings. The number of hydrogen-bond acceptors (Lipinski definition) is 1. The zero-order chi connectivity index (χ0) is 12.6. The van der Waals surface area contributed by atoms with E-state index in [4.69, 9.17) is 11.6 Å². The van der Waals surface area contributed by atoms with Gasteiger partial charge in [-0.2, -0.15) is 0 Å². The van der Waals surface area contributed by atoms with Crippen molar-refractivity contribution in [2.24, 2.45) is 5.92 Å². The molecule has 1 heterocycles. The average molecular weight is 252 g/mol. The largest absolute Gasteiger partial charge is 0.253 e. The van der Waals surface area contributed by atoms with Crippen LogP contribution in [-0.2, 0) is 6.42 Å². The van der Waals surface area contributed by atoms with Crippen molar-refractivity contribution in [3.63, 3.8) is 0 Å². The minimum absolute atomic E-state index is 0.234. The second kappa shape index (κ2) is 4.61. The Kier molecular flexibility index (Phi) is 3.34. The molecule has 0 N–H and O–H groups in total. The van der Waals surface area contributed by atoms with E-state index < -0.39 is 0 Å². The summed E-state index contributed by atoms with van der Waals surface area (Å²) in [6.07, 6.45) is 0.852. The van der Waals surface area contributed by atoms with Gasteiger partial charge in [-0.3, -0.25) is 4.98 Å². The van der Waals surface area contributed by atoms with E-state index in [0.29, 0.717) is 22.0 Å². The number of hydrogen-bond donors (Lipinski definition) is 0. The van der Waals surface area contributed by atoms with Crippen molar-refractivity contribution < 1.29 is 4.39 Å². The molecule has 2 rings (SSSR count). The first-order chi connectivity index (χ1) is 7.97. The zero-order valence-electron chi connectivity index (χ0n) is 10.2. The molecular formula is C14H15ClFN. The number of halogens is 2. The summed E-state index contributed by atoms with van der Waals surface area (Å²) in [6.45, 7) is 5.97. The molecule has 0 saturated heterocycles. The lowest BCUT2D eigenvalue weighted by atomic mass is 10.1. The van der Waals surface area contributed by atoms with Crippen molar-refractivity contribution in [2.75, 3.05) is 0 Å². The van der Waals surface area contributed by atoms with Crippen LogP contribution in [0.3, 0.4) is 0 Å². The van der Waals surface area contributed by atoms with Gasteiger partial charge in [0.2, 0.25) is 0 Å². The van der Waals surface area contributed by atoms with Crippen LogP contribution in [0.4, 0.5) is 4.39 Å². The molecule has 1 nitrogen and oxygen atoms in total. The molecule has 1 aromatic heterocycles. The lowest BCUT2D eigenvalue weighted by molar-refractivity contribution is 0.619. The molecule has 0 bridgehead atoms. The normalized spacial score (nSPS) is 11.4. The molecule has 0 aliphatic carbocycles. The molecule has 17 heavy (non-hydrogen) atoms. The molecular weight excluding hydrogens is 237 g/mol. The standard InChI is InChI=1S/C14H15ClFN/c1-8(2)4-10-6-12(15)11-5-9(3)13(16)7-14(11)17-10/h5-8H,4H2,1-3H3. The highest BCUT2D eigenvalue weighted by molar-refractivity contribution is 6.35. The lowest BCUT2D eigenvalue weighted by Crippen LogP contribution is -1.98. The molecule has 0 atom stereocenters. The summed E-state index contributed by atoms with van der Waals surface area (Å²) in [5, 5.41) is 1.46. The highest BCUT2D eigenvalue weighted by atomic mass is 35.5. The first-order valence-electron chi connectivity index (χ1n) is 5.72. The summed E-state index contributed by atoms with van der Waals surface area (Å²) < 4.78 is 13.5. The van der Waals surface area contributed by atoms with E-state index in [0.717, 1.165) is 17.5 Å². The quantitative estimate of drug-likeness (QED) is 0.764. The monoisotopic (exact) mass is 251 g/mol. The summed E-state index contributed by atoms with van der Waals surface area (Å²) in [6, 6.07) is 5.08. The molecule has 1 aromatic carbocycles. The fourth-order valence-electron chi connectivity index (χ4n) is 1.89. The minimum atomic E-state index is -0.234. The number of aryl methyl sites for hydroxylation is 1. The van der Waals surface area contributed by atoms with Crippen molar-refractivity contribution in [1.29, 1.82) is 0 Å². The Morgan fingerprint density at radius 2 is 2.00 bits per heavy atom. The molecule has 90 valence electrons. The zero-order valence-corrected chi connectivity index (χ0v) is 11.0. The van der Waals surface area contributed by atoms with E-state index >= 15 is 0 Å². The van der Waals surface area contributed by atoms with E-state index in [1.54, 1.807) is 13.0 Å². The van der Waals surface area contributed by atoms with Crippen molar-refractivity contribution in [3.8, 4) is 0 Å². The molecule has 0 saturated carbocycles. The van der Waals surface area contributed by atoms with E-state index in [9.17, 15) is 4.39 Å². The summed E-state index contributed by atoms with van der Waals surface area (Å²) >= 11 is 6.21. The van der Waals surface area contributed by atoms with Crippen molar-refractivity contribution >= 4 is 22.5 Å². The Bertz CT molecular complexity index is 564. The van der Waals surface area contributed by atoms with Gasteiger partial charge < -0.3 is 0 Å². The molecule has 2 aromatic rings. The van der Waals surface area contributed by atoms with Crippen molar-refractivity contribution in [1.82, 2.24) is 4.98 Å². The SMILES string of the molecule is Cc1cc2c(Cl)cc(CC(C)C)nc2cc1F. The van der Waals surface area contributed by atoms with Crippen LogP contribution in [0, 0.1) is 18.7 Å². The van der Waals surface area contributed by atoms with Crippen LogP contribution in [0.2, 0.25) is 5.02 Å². The van der Waals surface area contributed by atoms with Gasteiger partial charge in [-0.1, -0.05) is 25.4 Å². The van der Waals surface area contributed by atoms with Crippen LogP contribution in [0.25, 0.3) is 10.9 Å². The van der Waals surface area contributed by atoms with Gasteiger partial charge in [-0.15, -0.1) is 0 Å². The van der Waals surface area contributed by atoms with Gasteiger partial charge in [0.15, 0.2) is 0 Å². The molecule has 0 amide bonds. The predicted molar refractivity (Wildman–Crippen MR) is 70.0 cm³/mol. The van der Waals surface area contributed by atoms with Crippen LogP contribution < -0.4 is 0 Å². The average Bonchev–Trinajstić information content (AvgIpc) is 2.20. The van der Waals surface area contributed by atoms with Gasteiger partial charge in [-0.25, -0.2) is 4.39 Å². The van der Waals surface area contributed by atoms with Crippen LogP contribution in [0.15, 0.2) is 18.2 Å². The van der Waals surface area contributed by atoms with Gasteiger partial charge in [0.25, 0.3) is 0 Å². The Labute approximate surface area is 106 Å². The van der Waals surface area contributed by atoms with E-state index in [-0.39, 0.29) is 5.82 Å². The minimum Gasteiger partial charge on any atom is -0.253 e. The number of benzene rings is 1. The van der Waals surface area contributed by atoms with Gasteiger partial charge in [0.1, 0.15) is 5.82 Å². The molecule has 0 spiro atoms. The summed E-state index contributed by atoms with van der Waals surface area (Å²) in [5.74, 6) is 0.272. The third-order valence-electron chi connectivity index (χ3n) is 2.71. The smallest absolute Gasteiger partial charge is 0.128 e. The Morgan fingerprint density at radius 3 is 2.65 bits per heavy atom. The maximum Gasteiger partial charge on any atom is 0.128 e. The number of rotatable bonds is 2. The summed E-state index contributed by atoms with van der Waals surface area (Å²) in [4.78, 5) is 4.45. The van der Waals surface area contributed by atoms with Crippen LogP contribution in [0.1, 0.15) is 25.1 Å². The third kappa shape index (κ3) is 2.58. The molecule has 3 heteroatoms.